The molecule has 1 aromatic carbocycles. The van der Waals surface area contributed by atoms with Crippen molar-refractivity contribution >= 4 is 21.1 Å². The number of hydrogen-bond acceptors (Lipinski definition) is 6. The van der Waals surface area contributed by atoms with Crippen LogP contribution in [-0.2, 0) is 17.1 Å². The maximum absolute atomic E-state index is 12.4. The number of nitrogens with zero attached hydrogens (tertiary/aromatic N) is 2. The smallest absolute Gasteiger partial charge is 0.408 e. The highest BCUT2D eigenvalue weighted by Crippen LogP contribution is 2.21. The van der Waals surface area contributed by atoms with E-state index in [1.54, 1.807) is 0 Å². The van der Waals surface area contributed by atoms with Crippen LogP contribution < -0.4 is 5.76 Å². The van der Waals surface area contributed by atoms with E-state index in [0.717, 1.165) is 4.31 Å². The van der Waals surface area contributed by atoms with E-state index in [9.17, 15) is 13.2 Å². The van der Waals surface area contributed by atoms with Crippen LogP contribution in [0.5, 0.6) is 0 Å². The van der Waals surface area contributed by atoms with Crippen LogP contribution in [0.2, 0.25) is 0 Å². The molecule has 0 atom stereocenters. The fraction of sp³-hybridized carbons (Fsp3) is 0.417. The zero-order valence-corrected chi connectivity index (χ0v) is 12.2. The first-order chi connectivity index (χ1) is 9.91. The first-order valence-corrected chi connectivity index (χ1v) is 7.67. The summed E-state index contributed by atoms with van der Waals surface area (Å²) in [5.41, 5.74) is 0.645. The molecule has 116 valence electrons. The highest BCUT2D eigenvalue weighted by atomic mass is 32.2. The Balaban J connectivity index is 2.50. The Labute approximate surface area is 120 Å². The van der Waals surface area contributed by atoms with Gasteiger partial charge in [0.15, 0.2) is 5.58 Å². The summed E-state index contributed by atoms with van der Waals surface area (Å²) in [6, 6.07) is 4.09. The maximum Gasteiger partial charge on any atom is 0.419 e. The zero-order chi connectivity index (χ0) is 15.6. The molecule has 21 heavy (non-hydrogen) atoms. The lowest BCUT2D eigenvalue weighted by Crippen LogP contribution is -2.35. The number of sulfonamides is 1. The third-order valence-corrected chi connectivity index (χ3v) is 4.99. The normalized spacial score (nSPS) is 12.4. The lowest BCUT2D eigenvalue weighted by molar-refractivity contribution is 0.217. The number of aryl methyl sites for hydroxylation is 1. The van der Waals surface area contributed by atoms with Crippen molar-refractivity contribution in [3.8, 4) is 0 Å². The van der Waals surface area contributed by atoms with E-state index in [4.69, 9.17) is 14.6 Å². The van der Waals surface area contributed by atoms with Crippen molar-refractivity contribution in [2.75, 3.05) is 26.3 Å². The molecule has 9 heteroatoms. The fourth-order valence-electron chi connectivity index (χ4n) is 2.00. The molecule has 1 heterocycles. The van der Waals surface area contributed by atoms with Crippen molar-refractivity contribution in [1.29, 1.82) is 0 Å². The fourth-order valence-corrected chi connectivity index (χ4v) is 3.44. The van der Waals surface area contributed by atoms with E-state index in [-0.39, 0.29) is 36.8 Å². The molecule has 8 nitrogen and oxygen atoms in total. The molecule has 0 unspecified atom stereocenters. The van der Waals surface area contributed by atoms with Crippen LogP contribution in [0.3, 0.4) is 0 Å². The third-order valence-electron chi connectivity index (χ3n) is 3.10. The van der Waals surface area contributed by atoms with Crippen LogP contribution in [0.15, 0.2) is 32.3 Å². The molecular weight excluding hydrogens is 300 g/mol. The number of aromatic nitrogens is 1. The van der Waals surface area contributed by atoms with Gasteiger partial charge in [0.2, 0.25) is 10.0 Å². The van der Waals surface area contributed by atoms with Crippen molar-refractivity contribution in [3.63, 3.8) is 0 Å². The Bertz CT molecular complexity index is 786. The largest absolute Gasteiger partial charge is 0.419 e. The number of oxazole rings is 1. The first kappa shape index (κ1) is 15.7. The van der Waals surface area contributed by atoms with Gasteiger partial charge < -0.3 is 14.6 Å². The molecule has 0 aliphatic heterocycles. The van der Waals surface area contributed by atoms with Crippen molar-refractivity contribution in [1.82, 2.24) is 8.87 Å². The number of aliphatic hydroxyl groups is 2. The summed E-state index contributed by atoms with van der Waals surface area (Å²) in [6.07, 6.45) is 0. The standard InChI is InChI=1S/C12H16N2O6S/c1-13-10-3-2-9(8-11(10)20-12(13)17)21(18,19)14(4-6-15)5-7-16/h2-3,8,15-16H,4-7H2,1H3. The van der Waals surface area contributed by atoms with Crippen LogP contribution in [-0.4, -0.2) is 53.8 Å². The molecule has 0 fully saturated rings. The lowest BCUT2D eigenvalue weighted by Gasteiger charge is -2.20. The molecule has 1 aromatic heterocycles. The Morgan fingerprint density at radius 3 is 2.43 bits per heavy atom. The second-order valence-corrected chi connectivity index (χ2v) is 6.35. The predicted octanol–water partition coefficient (Wildman–Crippen LogP) is -0.893. The topological polar surface area (TPSA) is 113 Å². The van der Waals surface area contributed by atoms with Gasteiger partial charge in [-0.05, 0) is 12.1 Å². The molecule has 0 saturated heterocycles. The quantitative estimate of drug-likeness (QED) is 0.714. The van der Waals surface area contributed by atoms with E-state index in [1.807, 2.05) is 0 Å². The van der Waals surface area contributed by atoms with E-state index < -0.39 is 15.8 Å². The molecule has 2 N–H and O–H groups in total. The average molecular weight is 316 g/mol. The highest BCUT2D eigenvalue weighted by Gasteiger charge is 2.24. The minimum absolute atomic E-state index is 0.0637. The average Bonchev–Trinajstić information content (AvgIpc) is 2.73. The maximum atomic E-state index is 12.4. The summed E-state index contributed by atoms with van der Waals surface area (Å²) in [5.74, 6) is -0.581. The third kappa shape index (κ3) is 2.86. The van der Waals surface area contributed by atoms with Gasteiger partial charge in [-0.1, -0.05) is 0 Å². The van der Waals surface area contributed by atoms with Gasteiger partial charge in [0.25, 0.3) is 0 Å². The van der Waals surface area contributed by atoms with E-state index in [2.05, 4.69) is 0 Å². The van der Waals surface area contributed by atoms with E-state index in [1.165, 1.54) is 29.8 Å². The van der Waals surface area contributed by atoms with Crippen LogP contribution in [0, 0.1) is 0 Å². The van der Waals surface area contributed by atoms with Crippen LogP contribution in [0.4, 0.5) is 0 Å². The van der Waals surface area contributed by atoms with Crippen LogP contribution >= 0.6 is 0 Å². The van der Waals surface area contributed by atoms with E-state index in [0.29, 0.717) is 5.52 Å². The van der Waals surface area contributed by atoms with Crippen molar-refractivity contribution in [2.24, 2.45) is 7.05 Å². The van der Waals surface area contributed by atoms with Crippen LogP contribution in [0.1, 0.15) is 0 Å². The second-order valence-electron chi connectivity index (χ2n) is 4.41. The Morgan fingerprint density at radius 1 is 1.24 bits per heavy atom. The van der Waals surface area contributed by atoms with Crippen molar-refractivity contribution < 1.29 is 23.0 Å². The lowest BCUT2D eigenvalue weighted by atomic mass is 10.3. The van der Waals surface area contributed by atoms with Gasteiger partial charge in [-0.15, -0.1) is 0 Å². The van der Waals surface area contributed by atoms with Gasteiger partial charge in [-0.25, -0.2) is 13.2 Å². The highest BCUT2D eigenvalue weighted by molar-refractivity contribution is 7.89. The number of rotatable bonds is 6. The zero-order valence-electron chi connectivity index (χ0n) is 11.4. The second kappa shape index (κ2) is 5.98. The molecule has 0 bridgehead atoms. The summed E-state index contributed by atoms with van der Waals surface area (Å²) >= 11 is 0. The van der Waals surface area contributed by atoms with Crippen LogP contribution in [0.25, 0.3) is 11.1 Å². The minimum Gasteiger partial charge on any atom is -0.408 e. The van der Waals surface area contributed by atoms with E-state index >= 15 is 0 Å². The van der Waals surface area contributed by atoms with Crippen molar-refractivity contribution in [2.45, 2.75) is 4.90 Å². The molecule has 2 rings (SSSR count). The molecule has 0 radical (unpaired) electrons. The van der Waals surface area contributed by atoms with Gasteiger partial charge in [0.1, 0.15) is 0 Å². The predicted molar refractivity (Wildman–Crippen MR) is 74.4 cm³/mol. The molecule has 0 amide bonds. The first-order valence-electron chi connectivity index (χ1n) is 6.23. The van der Waals surface area contributed by atoms with Crippen molar-refractivity contribution in [3.05, 3.63) is 28.7 Å². The van der Waals surface area contributed by atoms with Gasteiger partial charge >= 0.3 is 5.76 Å². The summed E-state index contributed by atoms with van der Waals surface area (Å²) in [6.45, 7) is -0.969. The van der Waals surface area contributed by atoms with Gasteiger partial charge in [-0.3, -0.25) is 4.57 Å². The van der Waals surface area contributed by atoms with Gasteiger partial charge in [0, 0.05) is 26.2 Å². The minimum atomic E-state index is -3.88. The Hall–Kier alpha value is -1.68. The molecule has 0 saturated carbocycles. The Kier molecular flexibility index (Phi) is 4.47. The van der Waals surface area contributed by atoms with Gasteiger partial charge in [0.05, 0.1) is 23.6 Å². The number of fused-ring (bicyclic) bond motifs is 1. The molecule has 0 aliphatic carbocycles. The molecule has 0 spiro atoms. The van der Waals surface area contributed by atoms with Gasteiger partial charge in [-0.2, -0.15) is 4.31 Å². The molecule has 0 aliphatic rings. The SMILES string of the molecule is Cn1c(=O)oc2cc(S(=O)(=O)N(CCO)CCO)ccc21. The monoisotopic (exact) mass is 316 g/mol. The summed E-state index contributed by atoms with van der Waals surface area (Å²) in [4.78, 5) is 11.3. The number of aliphatic hydroxyl groups excluding tert-OH is 2. The number of hydrogen-bond donors (Lipinski definition) is 2. The Morgan fingerprint density at radius 2 is 1.86 bits per heavy atom. The number of benzene rings is 1. The summed E-state index contributed by atoms with van der Waals surface area (Å²) in [7, 11) is -2.36. The summed E-state index contributed by atoms with van der Waals surface area (Å²) < 4.78 is 32.0. The summed E-state index contributed by atoms with van der Waals surface area (Å²) in [5, 5.41) is 17.9. The molecule has 2 aromatic rings. The molecular formula is C12H16N2O6S.